The first-order valence-electron chi connectivity index (χ1n) is 10.0. The molecule has 1 atom stereocenters. The topological polar surface area (TPSA) is 111 Å². The summed E-state index contributed by atoms with van der Waals surface area (Å²) in [7, 11) is -1.85. The van der Waals surface area contributed by atoms with Crippen LogP contribution in [0, 0.1) is 0 Å². The molecule has 0 spiro atoms. The molecular formula is C20H22N4O4S2. The zero-order valence-electron chi connectivity index (χ0n) is 16.5. The van der Waals surface area contributed by atoms with Crippen LogP contribution in [-0.4, -0.2) is 45.0 Å². The number of sulfonamides is 1. The molecule has 2 fully saturated rings. The second-order valence-electron chi connectivity index (χ2n) is 7.81. The molecule has 4 heterocycles. The van der Waals surface area contributed by atoms with Crippen molar-refractivity contribution in [2.75, 3.05) is 20.1 Å². The van der Waals surface area contributed by atoms with Crippen molar-refractivity contribution < 1.29 is 18.1 Å². The van der Waals surface area contributed by atoms with Gasteiger partial charge in [0.05, 0.1) is 16.6 Å². The van der Waals surface area contributed by atoms with E-state index in [1.165, 1.54) is 15.6 Å². The number of amides is 1. The number of carbonyl (C=O) groups excluding carboxylic acids is 1. The zero-order chi connectivity index (χ0) is 20.9. The van der Waals surface area contributed by atoms with Gasteiger partial charge in [0.1, 0.15) is 0 Å². The molecule has 0 bridgehead atoms. The standard InChI is InChI=1S/C20H22N4O4S2/c1-21-19(25)14-11-15(12-4-5-12)22-20-17(14)18(23-28-20)13-6-8-24(9-7-13)30(26,27)16-3-2-10-29-16/h2-3,10-13H,4-9H2,1H3,(H-,21,25,26,27). The van der Waals surface area contributed by atoms with Gasteiger partial charge in [-0.05, 0) is 43.2 Å². The van der Waals surface area contributed by atoms with Gasteiger partial charge >= 0.3 is 0 Å². The van der Waals surface area contributed by atoms with Crippen molar-refractivity contribution in [3.8, 4) is 0 Å². The molecule has 1 N–H and O–H groups in total. The van der Waals surface area contributed by atoms with E-state index in [1.54, 1.807) is 24.6 Å². The maximum atomic E-state index is 12.8. The fraction of sp³-hybridized carbons (Fsp3) is 0.450. The number of hydrogen-bond acceptors (Lipinski definition) is 7. The summed E-state index contributed by atoms with van der Waals surface area (Å²) in [5.41, 5.74) is 2.50. The van der Waals surface area contributed by atoms with E-state index in [1.807, 2.05) is 6.07 Å². The third-order valence-electron chi connectivity index (χ3n) is 5.89. The third kappa shape index (κ3) is 3.37. The molecule has 8 nitrogen and oxygen atoms in total. The van der Waals surface area contributed by atoms with E-state index in [2.05, 4.69) is 15.5 Å². The Hall–Kier alpha value is -2.14. The highest BCUT2D eigenvalue weighted by Crippen LogP contribution is 2.42. The second-order valence-corrected chi connectivity index (χ2v) is 10.9. The minimum atomic E-state index is -3.46. The molecule has 0 radical (unpaired) electrons. The molecule has 30 heavy (non-hydrogen) atoms. The van der Waals surface area contributed by atoms with Crippen LogP contribution in [-0.2, 0) is 14.6 Å². The molecule has 1 saturated carbocycles. The SMILES string of the molecule is CNC(=O)c1cc(C2CC2)nc2onc(C3CCN([S+](=O)([O-])c4cccs4)CC3)c12. The molecule has 1 unspecified atom stereocenters. The van der Waals surface area contributed by atoms with Gasteiger partial charge in [-0.3, -0.25) is 4.79 Å². The maximum Gasteiger partial charge on any atom is 0.259 e. The molecule has 0 aromatic carbocycles. The molecule has 5 rings (SSSR count). The normalized spacial score (nSPS) is 20.3. The fourth-order valence-corrected chi connectivity index (χ4v) is 6.69. The van der Waals surface area contributed by atoms with Crippen LogP contribution in [0.4, 0.5) is 0 Å². The maximum absolute atomic E-state index is 12.8. The highest BCUT2D eigenvalue weighted by Gasteiger charge is 2.37. The number of hydrogen-bond donors (Lipinski definition) is 1. The van der Waals surface area contributed by atoms with Crippen LogP contribution < -0.4 is 5.32 Å². The lowest BCUT2D eigenvalue weighted by molar-refractivity contribution is 0.0964. The molecule has 1 aliphatic carbocycles. The monoisotopic (exact) mass is 446 g/mol. The first-order valence-corrected chi connectivity index (χ1v) is 12.4. The molecule has 1 saturated heterocycles. The van der Waals surface area contributed by atoms with Crippen LogP contribution in [0.25, 0.3) is 11.1 Å². The number of fused-ring (bicyclic) bond motifs is 1. The van der Waals surface area contributed by atoms with Crippen molar-refractivity contribution in [1.29, 1.82) is 0 Å². The Kier molecular flexibility index (Phi) is 4.97. The quantitative estimate of drug-likeness (QED) is 0.602. The average Bonchev–Trinajstić information content (AvgIpc) is 3.28. The van der Waals surface area contributed by atoms with Crippen molar-refractivity contribution in [1.82, 2.24) is 19.8 Å². The minimum Gasteiger partial charge on any atom is -0.592 e. The van der Waals surface area contributed by atoms with E-state index in [9.17, 15) is 13.6 Å². The van der Waals surface area contributed by atoms with E-state index < -0.39 is 10.4 Å². The number of aromatic nitrogens is 2. The summed E-state index contributed by atoms with van der Waals surface area (Å²) in [6.45, 7) is 0.810. The number of pyridine rings is 1. The zero-order valence-corrected chi connectivity index (χ0v) is 18.1. The Morgan fingerprint density at radius 2 is 2.07 bits per heavy atom. The van der Waals surface area contributed by atoms with Crippen molar-refractivity contribution >= 4 is 38.7 Å². The Balaban J connectivity index is 1.43. The summed E-state index contributed by atoms with van der Waals surface area (Å²) in [5, 5.41) is 9.39. The molecule has 10 heteroatoms. The van der Waals surface area contributed by atoms with Gasteiger partial charge in [0, 0.05) is 43.7 Å². The molecule has 2 aliphatic rings. The summed E-state index contributed by atoms with van der Waals surface area (Å²) in [6, 6.07) is 5.24. The van der Waals surface area contributed by atoms with Gasteiger partial charge in [-0.2, -0.15) is 0 Å². The van der Waals surface area contributed by atoms with Crippen molar-refractivity contribution in [3.63, 3.8) is 0 Å². The summed E-state index contributed by atoms with van der Waals surface area (Å²) in [6.07, 6.45) is 3.38. The molecule has 158 valence electrons. The van der Waals surface area contributed by atoms with Gasteiger partial charge in [-0.1, -0.05) is 20.7 Å². The number of piperidine rings is 1. The van der Waals surface area contributed by atoms with Gasteiger partial charge in [-0.15, -0.1) is 4.31 Å². The van der Waals surface area contributed by atoms with Crippen molar-refractivity contribution in [2.24, 2.45) is 0 Å². The highest BCUT2D eigenvalue weighted by atomic mass is 32.3. The van der Waals surface area contributed by atoms with E-state index in [0.29, 0.717) is 58.4 Å². The highest BCUT2D eigenvalue weighted by molar-refractivity contribution is 7.97. The second kappa shape index (κ2) is 7.52. The number of thiophene rings is 1. The minimum absolute atomic E-state index is 0.0121. The molecule has 3 aromatic heterocycles. The van der Waals surface area contributed by atoms with Crippen LogP contribution in [0.15, 0.2) is 32.3 Å². The van der Waals surface area contributed by atoms with E-state index in [-0.39, 0.29) is 11.8 Å². The lowest BCUT2D eigenvalue weighted by Crippen LogP contribution is -2.41. The van der Waals surface area contributed by atoms with Gasteiger partial charge in [0.2, 0.25) is 4.21 Å². The van der Waals surface area contributed by atoms with Crippen LogP contribution in [0.1, 0.15) is 59.3 Å². The lowest BCUT2D eigenvalue weighted by Gasteiger charge is -2.32. The van der Waals surface area contributed by atoms with Gasteiger partial charge in [0.15, 0.2) is 10.4 Å². The lowest BCUT2D eigenvalue weighted by atomic mass is 9.91. The fourth-order valence-electron chi connectivity index (χ4n) is 4.08. The molecule has 1 aliphatic heterocycles. The molecule has 1 amide bonds. The van der Waals surface area contributed by atoms with Crippen LogP contribution in [0.2, 0.25) is 0 Å². The van der Waals surface area contributed by atoms with Crippen molar-refractivity contribution in [2.45, 2.75) is 41.7 Å². The van der Waals surface area contributed by atoms with Crippen LogP contribution in [0.3, 0.4) is 0 Å². The Bertz CT molecular complexity index is 1130. The van der Waals surface area contributed by atoms with Crippen molar-refractivity contribution in [3.05, 3.63) is 40.5 Å². The molecular weight excluding hydrogens is 424 g/mol. The van der Waals surface area contributed by atoms with Gasteiger partial charge in [-0.25, -0.2) is 4.98 Å². The number of nitrogens with one attached hydrogen (secondary N) is 1. The predicted octanol–water partition coefficient (Wildman–Crippen LogP) is 3.30. The summed E-state index contributed by atoms with van der Waals surface area (Å²) in [5.74, 6) is 0.210. The first-order chi connectivity index (χ1) is 14.5. The third-order valence-corrected chi connectivity index (χ3v) is 9.16. The predicted molar refractivity (Wildman–Crippen MR) is 112 cm³/mol. The largest absolute Gasteiger partial charge is 0.592 e. The Morgan fingerprint density at radius 1 is 1.30 bits per heavy atom. The van der Waals surface area contributed by atoms with Crippen LogP contribution in [0.5, 0.6) is 0 Å². The smallest absolute Gasteiger partial charge is 0.259 e. The number of nitrogens with zero attached hydrogens (tertiary/aromatic N) is 3. The van der Waals surface area contributed by atoms with Gasteiger partial charge in [0.25, 0.3) is 11.6 Å². The Morgan fingerprint density at radius 3 is 2.70 bits per heavy atom. The number of carbonyl (C=O) groups is 1. The Labute approximate surface area is 179 Å². The molecule has 3 aromatic rings. The van der Waals surface area contributed by atoms with E-state index in [4.69, 9.17) is 4.52 Å². The summed E-state index contributed by atoms with van der Waals surface area (Å²) < 4.78 is 33.0. The van der Waals surface area contributed by atoms with Crippen LogP contribution >= 0.6 is 11.3 Å². The van der Waals surface area contributed by atoms with E-state index in [0.717, 1.165) is 18.5 Å². The van der Waals surface area contributed by atoms with Gasteiger partial charge < -0.3 is 14.4 Å². The van der Waals surface area contributed by atoms with E-state index >= 15 is 0 Å². The first kappa shape index (κ1) is 19.8. The summed E-state index contributed by atoms with van der Waals surface area (Å²) in [4.78, 5) is 17.2. The number of rotatable bonds is 5. The summed E-state index contributed by atoms with van der Waals surface area (Å²) >= 11 is 1.23. The average molecular weight is 447 g/mol.